The highest BCUT2D eigenvalue weighted by Gasteiger charge is 2.25. The lowest BCUT2D eigenvalue weighted by atomic mass is 10.1. The van der Waals surface area contributed by atoms with E-state index in [1.807, 2.05) is 0 Å². The third kappa shape index (κ3) is 3.23. The lowest BCUT2D eigenvalue weighted by molar-refractivity contribution is -0.385. The Labute approximate surface area is 107 Å². The van der Waals surface area contributed by atoms with Gasteiger partial charge in [0, 0.05) is 6.07 Å². The molecule has 0 heterocycles. The van der Waals surface area contributed by atoms with Crippen LogP contribution in [0.15, 0.2) is 18.2 Å². The van der Waals surface area contributed by atoms with E-state index < -0.39 is 41.0 Å². The van der Waals surface area contributed by atoms with Gasteiger partial charge in [0.15, 0.2) is 0 Å². The summed E-state index contributed by atoms with van der Waals surface area (Å²) in [7, 11) is 0. The Morgan fingerprint density at radius 1 is 1.37 bits per heavy atom. The van der Waals surface area contributed by atoms with Gasteiger partial charge in [-0.2, -0.15) is 10.5 Å². The highest BCUT2D eigenvalue weighted by atomic mass is 19.1. The average molecular weight is 262 g/mol. The van der Waals surface area contributed by atoms with Crippen molar-refractivity contribution in [3.8, 4) is 12.1 Å². The van der Waals surface area contributed by atoms with Crippen LogP contribution in [0.5, 0.6) is 0 Å². The van der Waals surface area contributed by atoms with Crippen molar-refractivity contribution >= 4 is 11.6 Å². The molecule has 1 aromatic rings. The normalized spacial score (nSPS) is 9.21. The number of hydrogen-bond donors (Lipinski definition) is 0. The summed E-state index contributed by atoms with van der Waals surface area (Å²) < 4.78 is 13.1. The highest BCUT2D eigenvalue weighted by Crippen LogP contribution is 2.21. The number of carbonyl (C=O) groups excluding carboxylic acids is 1. The number of hydrogen-bond acceptors (Lipinski definition) is 5. The van der Waals surface area contributed by atoms with E-state index in [1.165, 1.54) is 0 Å². The van der Waals surface area contributed by atoms with E-state index in [-0.39, 0.29) is 0 Å². The molecule has 1 amide bonds. The Morgan fingerprint density at radius 2 is 1.95 bits per heavy atom. The Bertz CT molecular complexity index is 587. The topological polar surface area (TPSA) is 111 Å². The molecule has 0 bridgehead atoms. The molecule has 1 rings (SSSR count). The van der Waals surface area contributed by atoms with Crippen molar-refractivity contribution in [2.75, 3.05) is 13.1 Å². The summed E-state index contributed by atoms with van der Waals surface area (Å²) in [5.74, 6) is -1.75. The zero-order valence-corrected chi connectivity index (χ0v) is 9.54. The summed E-state index contributed by atoms with van der Waals surface area (Å²) in [5, 5.41) is 27.8. The van der Waals surface area contributed by atoms with Crippen molar-refractivity contribution in [1.82, 2.24) is 4.90 Å². The first kappa shape index (κ1) is 14.1. The first-order chi connectivity index (χ1) is 9.01. The van der Waals surface area contributed by atoms with Gasteiger partial charge >= 0.3 is 0 Å². The molecular formula is C11H7FN4O3. The van der Waals surface area contributed by atoms with Crippen LogP contribution in [0.1, 0.15) is 10.4 Å². The first-order valence-corrected chi connectivity index (χ1v) is 4.98. The van der Waals surface area contributed by atoms with Gasteiger partial charge in [0.05, 0.1) is 17.1 Å². The minimum atomic E-state index is -0.936. The maximum absolute atomic E-state index is 13.1. The molecule has 0 aliphatic heterocycles. The van der Waals surface area contributed by atoms with Crippen LogP contribution in [0.25, 0.3) is 0 Å². The highest BCUT2D eigenvalue weighted by molar-refractivity contribution is 5.98. The fraction of sp³-hybridized carbons (Fsp3) is 0.182. The molecule has 0 fully saturated rings. The van der Waals surface area contributed by atoms with Crippen LogP contribution in [-0.4, -0.2) is 28.8 Å². The number of benzene rings is 1. The van der Waals surface area contributed by atoms with Crippen LogP contribution < -0.4 is 0 Å². The monoisotopic (exact) mass is 262 g/mol. The number of amides is 1. The van der Waals surface area contributed by atoms with Gasteiger partial charge in [-0.15, -0.1) is 0 Å². The molecule has 1 aromatic carbocycles. The van der Waals surface area contributed by atoms with Gasteiger partial charge in [0.25, 0.3) is 11.6 Å². The SMILES string of the molecule is N#CCN(CC#N)C(=O)c1cc(F)ccc1[N+](=O)[O-]. The van der Waals surface area contributed by atoms with E-state index in [0.29, 0.717) is 6.07 Å². The predicted octanol–water partition coefficient (Wildman–Crippen LogP) is 1.22. The minimum Gasteiger partial charge on any atom is -0.312 e. The minimum absolute atomic E-state index is 0.417. The van der Waals surface area contributed by atoms with Crippen molar-refractivity contribution in [3.05, 3.63) is 39.7 Å². The number of nitrogens with zero attached hydrogens (tertiary/aromatic N) is 4. The Morgan fingerprint density at radius 3 is 2.42 bits per heavy atom. The van der Waals surface area contributed by atoms with Gasteiger partial charge < -0.3 is 4.90 Å². The second kappa shape index (κ2) is 6.07. The molecular weight excluding hydrogens is 255 g/mol. The van der Waals surface area contributed by atoms with Gasteiger partial charge in [0.1, 0.15) is 24.5 Å². The van der Waals surface area contributed by atoms with E-state index >= 15 is 0 Å². The van der Waals surface area contributed by atoms with E-state index in [4.69, 9.17) is 10.5 Å². The first-order valence-electron chi connectivity index (χ1n) is 4.98. The van der Waals surface area contributed by atoms with Crippen molar-refractivity contribution in [1.29, 1.82) is 10.5 Å². The molecule has 0 radical (unpaired) electrons. The zero-order chi connectivity index (χ0) is 14.4. The summed E-state index contributed by atoms with van der Waals surface area (Å²) in [6.45, 7) is -0.833. The maximum atomic E-state index is 13.1. The van der Waals surface area contributed by atoms with Crippen LogP contribution in [0, 0.1) is 38.6 Å². The smallest absolute Gasteiger partial charge is 0.282 e. The third-order valence-electron chi connectivity index (χ3n) is 2.20. The summed E-state index contributed by atoms with van der Waals surface area (Å²) in [6.07, 6.45) is 0. The molecule has 0 atom stereocenters. The van der Waals surface area contributed by atoms with Crippen molar-refractivity contribution in [3.63, 3.8) is 0 Å². The maximum Gasteiger partial charge on any atom is 0.282 e. The quantitative estimate of drug-likeness (QED) is 0.460. The van der Waals surface area contributed by atoms with Crippen LogP contribution in [0.2, 0.25) is 0 Å². The lowest BCUT2D eigenvalue weighted by Gasteiger charge is -2.15. The molecule has 0 unspecified atom stereocenters. The second-order valence-corrected chi connectivity index (χ2v) is 3.40. The molecule has 7 nitrogen and oxygen atoms in total. The van der Waals surface area contributed by atoms with E-state index in [1.54, 1.807) is 12.1 Å². The van der Waals surface area contributed by atoms with Gasteiger partial charge in [-0.3, -0.25) is 14.9 Å². The number of rotatable bonds is 4. The average Bonchev–Trinajstić information content (AvgIpc) is 2.37. The summed E-state index contributed by atoms with van der Waals surface area (Å²) in [4.78, 5) is 22.7. The van der Waals surface area contributed by atoms with E-state index in [2.05, 4.69) is 0 Å². The van der Waals surface area contributed by atoms with Crippen LogP contribution in [0.3, 0.4) is 0 Å². The molecule has 0 aliphatic carbocycles. The van der Waals surface area contributed by atoms with Crippen molar-refractivity contribution in [2.45, 2.75) is 0 Å². The fourth-order valence-electron chi connectivity index (χ4n) is 1.38. The predicted molar refractivity (Wildman–Crippen MR) is 60.2 cm³/mol. The second-order valence-electron chi connectivity index (χ2n) is 3.40. The molecule has 0 aromatic heterocycles. The van der Waals surface area contributed by atoms with Gasteiger partial charge in [-0.25, -0.2) is 4.39 Å². The molecule has 8 heteroatoms. The van der Waals surface area contributed by atoms with Gasteiger partial charge in [-0.05, 0) is 12.1 Å². The Hall–Kier alpha value is -3.00. The van der Waals surface area contributed by atoms with Crippen LogP contribution >= 0.6 is 0 Å². The summed E-state index contributed by atoms with van der Waals surface area (Å²) >= 11 is 0. The molecule has 0 N–H and O–H groups in total. The summed E-state index contributed by atoms with van der Waals surface area (Å²) in [5.41, 5.74) is -1.07. The van der Waals surface area contributed by atoms with Gasteiger partial charge in [-0.1, -0.05) is 0 Å². The molecule has 0 aliphatic rings. The number of halogens is 1. The van der Waals surface area contributed by atoms with Crippen LogP contribution in [0.4, 0.5) is 10.1 Å². The third-order valence-corrected chi connectivity index (χ3v) is 2.20. The standard InChI is InChI=1S/C11H7FN4O3/c12-8-1-2-10(16(18)19)9(7-8)11(17)15(5-3-13)6-4-14/h1-2,7H,5-6H2. The molecule has 0 saturated heterocycles. The number of nitro groups is 1. The van der Waals surface area contributed by atoms with E-state index in [9.17, 15) is 19.3 Å². The summed E-state index contributed by atoms with van der Waals surface area (Å²) in [6, 6.07) is 5.74. The Balaban J connectivity index is 3.24. The molecule has 19 heavy (non-hydrogen) atoms. The molecule has 0 saturated carbocycles. The van der Waals surface area contributed by atoms with Crippen molar-refractivity contribution < 1.29 is 14.1 Å². The fourth-order valence-corrected chi connectivity index (χ4v) is 1.38. The van der Waals surface area contributed by atoms with Gasteiger partial charge in [0.2, 0.25) is 0 Å². The number of carbonyl (C=O) groups is 1. The molecule has 0 spiro atoms. The Kier molecular flexibility index (Phi) is 4.50. The van der Waals surface area contributed by atoms with Crippen molar-refractivity contribution in [2.24, 2.45) is 0 Å². The lowest BCUT2D eigenvalue weighted by Crippen LogP contribution is -2.32. The largest absolute Gasteiger partial charge is 0.312 e. The number of nitriles is 2. The number of nitro benzene ring substituents is 1. The zero-order valence-electron chi connectivity index (χ0n) is 9.54. The van der Waals surface area contributed by atoms with Crippen LogP contribution in [-0.2, 0) is 0 Å². The molecule has 96 valence electrons. The van der Waals surface area contributed by atoms with E-state index in [0.717, 1.165) is 17.0 Å².